The second-order valence-corrected chi connectivity index (χ2v) is 7.78. The number of rotatable bonds is 6. The first-order valence-electron chi connectivity index (χ1n) is 6.38. The zero-order valence-electron chi connectivity index (χ0n) is 12.4. The Morgan fingerprint density at radius 3 is 2.24 bits per heavy atom. The van der Waals surface area contributed by atoms with Crippen LogP contribution in [0.5, 0.6) is 0 Å². The minimum Gasteiger partial charge on any atom is -0.339 e. The first-order valence-corrected chi connectivity index (χ1v) is 7.87. The summed E-state index contributed by atoms with van der Waals surface area (Å²) in [6.07, 6.45) is 0. The lowest BCUT2D eigenvalue weighted by Gasteiger charge is -2.26. The van der Waals surface area contributed by atoms with Gasteiger partial charge in [-0.05, 0) is 12.1 Å². The monoisotopic (exact) mass is 325 g/mol. The fourth-order valence-electron chi connectivity index (χ4n) is 2.10. The maximum absolute atomic E-state index is 13.5. The molecule has 1 aromatic rings. The molecule has 1 rings (SSSR count). The number of sulfonamides is 1. The molecule has 0 aliphatic rings. The van der Waals surface area contributed by atoms with E-state index in [-0.39, 0.29) is 12.0 Å². The topological polar surface area (TPSA) is 50.6 Å². The van der Waals surface area contributed by atoms with Gasteiger partial charge in [0.05, 0.1) is 20.6 Å². The third-order valence-electron chi connectivity index (χ3n) is 2.86. The Morgan fingerprint density at radius 2 is 1.71 bits per heavy atom. The van der Waals surface area contributed by atoms with Crippen molar-refractivity contribution in [1.82, 2.24) is 4.72 Å². The molecule has 0 fully saturated rings. The zero-order valence-corrected chi connectivity index (χ0v) is 13.2. The molecule has 0 unspecified atom stereocenters. The molecule has 0 aliphatic carbocycles. The Hall–Kier alpha value is -1.12. The van der Waals surface area contributed by atoms with Crippen LogP contribution in [0.15, 0.2) is 17.0 Å². The molecule has 120 valence electrons. The second-order valence-electron chi connectivity index (χ2n) is 6.05. The number of quaternary nitrogens is 1. The second kappa shape index (κ2) is 6.33. The molecular weight excluding hydrogens is 305 g/mol. The van der Waals surface area contributed by atoms with Gasteiger partial charge in [-0.1, -0.05) is 13.8 Å². The highest BCUT2D eigenvalue weighted by Gasteiger charge is 2.28. The van der Waals surface area contributed by atoms with Gasteiger partial charge in [0, 0.05) is 12.0 Å². The van der Waals surface area contributed by atoms with Crippen LogP contribution in [-0.2, 0) is 10.0 Å². The Balaban J connectivity index is 2.96. The van der Waals surface area contributed by atoms with E-state index in [0.717, 1.165) is 4.90 Å². The van der Waals surface area contributed by atoms with E-state index in [2.05, 4.69) is 4.72 Å². The lowest BCUT2D eigenvalue weighted by molar-refractivity contribution is -0.865. The highest BCUT2D eigenvalue weighted by molar-refractivity contribution is 7.89. The quantitative estimate of drug-likeness (QED) is 0.751. The molecule has 0 atom stereocenters. The summed E-state index contributed by atoms with van der Waals surface area (Å²) >= 11 is 0. The van der Waals surface area contributed by atoms with Gasteiger partial charge in [0.2, 0.25) is 10.0 Å². The molecule has 0 radical (unpaired) electrons. The summed E-state index contributed by atoms with van der Waals surface area (Å²) in [7, 11) is -0.396. The van der Waals surface area contributed by atoms with E-state index in [1.54, 1.807) is 0 Å². The summed E-state index contributed by atoms with van der Waals surface area (Å²) in [5, 5.41) is 0. The number of benzene rings is 1. The van der Waals surface area contributed by atoms with Gasteiger partial charge in [-0.15, -0.1) is 0 Å². The van der Waals surface area contributed by atoms with Crippen LogP contribution in [0.2, 0.25) is 0 Å². The third kappa shape index (κ3) is 4.69. The molecule has 0 saturated heterocycles. The van der Waals surface area contributed by atoms with E-state index < -0.39 is 32.4 Å². The first kappa shape index (κ1) is 17.9. The molecule has 0 amide bonds. The molecule has 0 aromatic heterocycles. The molecule has 0 heterocycles. The van der Waals surface area contributed by atoms with E-state index in [4.69, 9.17) is 0 Å². The van der Waals surface area contributed by atoms with Crippen molar-refractivity contribution in [3.63, 3.8) is 0 Å². The highest BCUT2D eigenvalue weighted by Crippen LogP contribution is 2.20. The SMILES string of the molecule is C[NH+](C)CC(C)(C)CNS(=O)(=O)c1ccc(F)c(F)c1F. The van der Waals surface area contributed by atoms with E-state index in [0.29, 0.717) is 18.7 Å². The summed E-state index contributed by atoms with van der Waals surface area (Å²) in [6.45, 7) is 4.43. The van der Waals surface area contributed by atoms with Gasteiger partial charge in [-0.25, -0.2) is 26.3 Å². The summed E-state index contributed by atoms with van der Waals surface area (Å²) in [6, 6.07) is 1.29. The van der Waals surface area contributed by atoms with E-state index in [1.165, 1.54) is 0 Å². The Morgan fingerprint density at radius 1 is 1.14 bits per heavy atom. The molecule has 0 aliphatic heterocycles. The van der Waals surface area contributed by atoms with Crippen molar-refractivity contribution >= 4 is 10.0 Å². The summed E-state index contributed by atoms with van der Waals surface area (Å²) in [5.74, 6) is -4.93. The highest BCUT2D eigenvalue weighted by atomic mass is 32.2. The van der Waals surface area contributed by atoms with Crippen LogP contribution in [-0.4, -0.2) is 35.6 Å². The Bertz CT molecular complexity index is 616. The molecule has 21 heavy (non-hydrogen) atoms. The standard InChI is InChI=1S/C13H19F3N2O2S/c1-13(2,8-18(3)4)7-17-21(19,20)10-6-5-9(14)11(15)12(10)16/h5-6,17H,7-8H2,1-4H3/p+1. The maximum Gasteiger partial charge on any atom is 0.243 e. The lowest BCUT2D eigenvalue weighted by atomic mass is 9.93. The molecule has 4 nitrogen and oxygen atoms in total. The van der Waals surface area contributed by atoms with Crippen molar-refractivity contribution in [2.45, 2.75) is 18.7 Å². The zero-order chi connectivity index (χ0) is 16.4. The largest absolute Gasteiger partial charge is 0.339 e. The van der Waals surface area contributed by atoms with Crippen LogP contribution >= 0.6 is 0 Å². The van der Waals surface area contributed by atoms with Crippen LogP contribution in [0.4, 0.5) is 13.2 Å². The van der Waals surface area contributed by atoms with Crippen molar-refractivity contribution < 1.29 is 26.5 Å². The molecular formula is C13H20F3N2O2S+. The molecule has 8 heteroatoms. The van der Waals surface area contributed by atoms with Crippen LogP contribution in [0.3, 0.4) is 0 Å². The van der Waals surface area contributed by atoms with Gasteiger partial charge in [0.25, 0.3) is 0 Å². The van der Waals surface area contributed by atoms with Gasteiger partial charge in [-0.2, -0.15) is 0 Å². The van der Waals surface area contributed by atoms with Crippen molar-refractivity contribution in [3.05, 3.63) is 29.6 Å². The van der Waals surface area contributed by atoms with Crippen molar-refractivity contribution in [1.29, 1.82) is 0 Å². The minimum atomic E-state index is -4.24. The Kier molecular flexibility index (Phi) is 5.40. The number of nitrogens with one attached hydrogen (secondary N) is 2. The van der Waals surface area contributed by atoms with Gasteiger partial charge < -0.3 is 4.90 Å². The fourth-order valence-corrected chi connectivity index (χ4v) is 3.41. The first-order chi connectivity index (χ1) is 9.46. The van der Waals surface area contributed by atoms with Crippen LogP contribution < -0.4 is 9.62 Å². The van der Waals surface area contributed by atoms with E-state index in [1.807, 2.05) is 27.9 Å². The van der Waals surface area contributed by atoms with Crippen LogP contribution in [0, 0.1) is 22.9 Å². The Labute approximate surface area is 123 Å². The average Bonchev–Trinajstić information content (AvgIpc) is 2.32. The van der Waals surface area contributed by atoms with Crippen molar-refractivity contribution in [2.24, 2.45) is 5.41 Å². The van der Waals surface area contributed by atoms with Crippen LogP contribution in [0.25, 0.3) is 0 Å². The summed E-state index contributed by atoms with van der Waals surface area (Å²) < 4.78 is 65.7. The number of hydrogen-bond acceptors (Lipinski definition) is 2. The van der Waals surface area contributed by atoms with Gasteiger partial charge in [0.15, 0.2) is 17.5 Å². The minimum absolute atomic E-state index is 0.0545. The molecule has 0 bridgehead atoms. The predicted molar refractivity (Wildman–Crippen MR) is 73.0 cm³/mol. The predicted octanol–water partition coefficient (Wildman–Crippen LogP) is 0.553. The average molecular weight is 325 g/mol. The van der Waals surface area contributed by atoms with Gasteiger partial charge >= 0.3 is 0 Å². The van der Waals surface area contributed by atoms with Crippen molar-refractivity contribution in [2.75, 3.05) is 27.2 Å². The van der Waals surface area contributed by atoms with Gasteiger partial charge in [-0.3, -0.25) is 0 Å². The number of hydrogen-bond donors (Lipinski definition) is 2. The van der Waals surface area contributed by atoms with Crippen molar-refractivity contribution in [3.8, 4) is 0 Å². The molecule has 1 aromatic carbocycles. The molecule has 2 N–H and O–H groups in total. The third-order valence-corrected chi connectivity index (χ3v) is 4.28. The van der Waals surface area contributed by atoms with Crippen LogP contribution in [0.1, 0.15) is 13.8 Å². The van der Waals surface area contributed by atoms with E-state index >= 15 is 0 Å². The molecule has 0 saturated carbocycles. The summed E-state index contributed by atoms with van der Waals surface area (Å²) in [5.41, 5.74) is -0.374. The smallest absolute Gasteiger partial charge is 0.243 e. The summed E-state index contributed by atoms with van der Waals surface area (Å²) in [4.78, 5) is 0.229. The molecule has 0 spiro atoms. The maximum atomic E-state index is 13.5. The fraction of sp³-hybridized carbons (Fsp3) is 0.538. The number of halogens is 3. The van der Waals surface area contributed by atoms with E-state index in [9.17, 15) is 21.6 Å². The lowest BCUT2D eigenvalue weighted by Crippen LogP contribution is -3.07. The van der Waals surface area contributed by atoms with Gasteiger partial charge in [0.1, 0.15) is 4.90 Å². The normalized spacial score (nSPS) is 13.0.